The van der Waals surface area contributed by atoms with Gasteiger partial charge in [-0.05, 0) is 70.9 Å². The molecular formula is C21H17BrN2O5. The second kappa shape index (κ2) is 8.00. The third kappa shape index (κ3) is 4.27. The Hall–Kier alpha value is -3.26. The highest BCUT2D eigenvalue weighted by molar-refractivity contribution is 9.10. The van der Waals surface area contributed by atoms with E-state index in [1.807, 2.05) is 25.1 Å². The summed E-state index contributed by atoms with van der Waals surface area (Å²) < 4.78 is 16.4. The number of carbonyl (C=O) groups excluding carboxylic acids is 2. The number of rotatable bonds is 5. The maximum absolute atomic E-state index is 12.7. The van der Waals surface area contributed by atoms with Crippen molar-refractivity contribution < 1.29 is 23.5 Å². The maximum atomic E-state index is 12.7. The van der Waals surface area contributed by atoms with Crippen molar-refractivity contribution in [2.24, 2.45) is 0 Å². The van der Waals surface area contributed by atoms with Crippen LogP contribution in [0.15, 0.2) is 63.7 Å². The number of carbonyl (C=O) groups is 2. The minimum absolute atomic E-state index is 0.170. The Morgan fingerprint density at radius 1 is 1.00 bits per heavy atom. The van der Waals surface area contributed by atoms with Gasteiger partial charge in [-0.3, -0.25) is 9.59 Å². The van der Waals surface area contributed by atoms with Crippen molar-refractivity contribution in [3.05, 3.63) is 76.2 Å². The summed E-state index contributed by atoms with van der Waals surface area (Å²) in [5.41, 5.74) is 1.82. The average molecular weight is 457 g/mol. The quantitative estimate of drug-likeness (QED) is 0.589. The number of halogens is 1. The van der Waals surface area contributed by atoms with Crippen molar-refractivity contribution in [1.29, 1.82) is 0 Å². The molecule has 2 N–H and O–H groups in total. The van der Waals surface area contributed by atoms with Gasteiger partial charge in [0.05, 0.1) is 6.04 Å². The van der Waals surface area contributed by atoms with E-state index in [1.54, 1.807) is 36.4 Å². The monoisotopic (exact) mass is 456 g/mol. The van der Waals surface area contributed by atoms with Gasteiger partial charge in [-0.2, -0.15) is 0 Å². The van der Waals surface area contributed by atoms with Gasteiger partial charge in [0.25, 0.3) is 11.8 Å². The summed E-state index contributed by atoms with van der Waals surface area (Å²) in [6.07, 6.45) is 0. The van der Waals surface area contributed by atoms with E-state index in [-0.39, 0.29) is 24.5 Å². The minimum Gasteiger partial charge on any atom is -0.454 e. The molecule has 3 aromatic rings. The smallest absolute Gasteiger partial charge is 0.291 e. The summed E-state index contributed by atoms with van der Waals surface area (Å²) in [5.74, 6) is 0.870. The molecule has 1 unspecified atom stereocenters. The van der Waals surface area contributed by atoms with Gasteiger partial charge < -0.3 is 24.5 Å². The Balaban J connectivity index is 1.43. The lowest BCUT2D eigenvalue weighted by atomic mass is 10.1. The fraction of sp³-hybridized carbons (Fsp3) is 0.143. The fourth-order valence-corrected chi connectivity index (χ4v) is 3.22. The molecule has 2 heterocycles. The summed E-state index contributed by atoms with van der Waals surface area (Å²) in [6, 6.07) is 15.2. The van der Waals surface area contributed by atoms with Crippen molar-refractivity contribution in [2.45, 2.75) is 13.0 Å². The van der Waals surface area contributed by atoms with Crippen LogP contribution in [0, 0.1) is 0 Å². The van der Waals surface area contributed by atoms with Gasteiger partial charge in [0, 0.05) is 11.3 Å². The lowest BCUT2D eigenvalue weighted by Crippen LogP contribution is -2.26. The van der Waals surface area contributed by atoms with Crippen LogP contribution in [-0.2, 0) is 0 Å². The van der Waals surface area contributed by atoms with E-state index in [4.69, 9.17) is 13.9 Å². The molecule has 2 aromatic carbocycles. The molecular weight excluding hydrogens is 440 g/mol. The molecule has 29 heavy (non-hydrogen) atoms. The maximum Gasteiger partial charge on any atom is 0.291 e. The van der Waals surface area contributed by atoms with Crippen LogP contribution in [0.2, 0.25) is 0 Å². The molecule has 0 fully saturated rings. The van der Waals surface area contributed by atoms with Crippen LogP contribution in [0.25, 0.3) is 0 Å². The standard InChI is InChI=1S/C21H17BrN2O5/c1-12(13-5-6-16-18(10-13)28-11-27-16)23-20(25)14-3-2-4-15(9-14)24-21(26)17-7-8-19(22)29-17/h2-10,12H,11H2,1H3,(H,23,25)(H,24,26). The van der Waals surface area contributed by atoms with Crippen LogP contribution in [0.5, 0.6) is 11.5 Å². The molecule has 1 aliphatic rings. The molecule has 0 saturated heterocycles. The highest BCUT2D eigenvalue weighted by Crippen LogP contribution is 2.34. The molecule has 2 amide bonds. The molecule has 1 atom stereocenters. The molecule has 8 heteroatoms. The van der Waals surface area contributed by atoms with Crippen molar-refractivity contribution in [3.63, 3.8) is 0 Å². The average Bonchev–Trinajstić information content (AvgIpc) is 3.36. The van der Waals surface area contributed by atoms with E-state index in [1.165, 1.54) is 0 Å². The second-order valence-electron chi connectivity index (χ2n) is 6.45. The molecule has 0 bridgehead atoms. The van der Waals surface area contributed by atoms with Crippen LogP contribution in [0.1, 0.15) is 39.4 Å². The van der Waals surface area contributed by atoms with E-state index >= 15 is 0 Å². The zero-order valence-corrected chi connectivity index (χ0v) is 17.0. The van der Waals surface area contributed by atoms with E-state index in [9.17, 15) is 9.59 Å². The SMILES string of the molecule is CC(NC(=O)c1cccc(NC(=O)c2ccc(Br)o2)c1)c1ccc2c(c1)OCO2. The molecule has 0 spiro atoms. The number of nitrogens with one attached hydrogen (secondary N) is 2. The molecule has 0 saturated carbocycles. The van der Waals surface area contributed by atoms with Gasteiger partial charge in [-0.15, -0.1) is 0 Å². The van der Waals surface area contributed by atoms with Crippen LogP contribution in [0.3, 0.4) is 0 Å². The van der Waals surface area contributed by atoms with Gasteiger partial charge in [0.15, 0.2) is 21.9 Å². The van der Waals surface area contributed by atoms with Crippen molar-refractivity contribution in [2.75, 3.05) is 12.1 Å². The Labute approximate surface area is 175 Å². The number of anilines is 1. The first kappa shape index (κ1) is 19.1. The Kier molecular flexibility index (Phi) is 5.26. The Bertz CT molecular complexity index is 1080. The third-order valence-corrected chi connectivity index (χ3v) is 4.85. The zero-order valence-electron chi connectivity index (χ0n) is 15.4. The molecule has 4 rings (SSSR count). The van der Waals surface area contributed by atoms with E-state index in [2.05, 4.69) is 26.6 Å². The number of benzene rings is 2. The summed E-state index contributed by atoms with van der Waals surface area (Å²) in [5, 5.41) is 5.66. The first-order chi connectivity index (χ1) is 14.0. The molecule has 1 aliphatic heterocycles. The van der Waals surface area contributed by atoms with Gasteiger partial charge >= 0.3 is 0 Å². The van der Waals surface area contributed by atoms with Crippen molar-refractivity contribution in [3.8, 4) is 11.5 Å². The minimum atomic E-state index is -0.401. The first-order valence-corrected chi connectivity index (χ1v) is 9.66. The summed E-state index contributed by atoms with van der Waals surface area (Å²) in [6.45, 7) is 2.09. The number of furan rings is 1. The van der Waals surface area contributed by atoms with Gasteiger partial charge in [0.1, 0.15) is 0 Å². The van der Waals surface area contributed by atoms with E-state index < -0.39 is 5.91 Å². The third-order valence-electron chi connectivity index (χ3n) is 4.42. The lowest BCUT2D eigenvalue weighted by molar-refractivity contribution is 0.0938. The molecule has 7 nitrogen and oxygen atoms in total. The lowest BCUT2D eigenvalue weighted by Gasteiger charge is -2.15. The topological polar surface area (TPSA) is 89.8 Å². The van der Waals surface area contributed by atoms with Crippen LogP contribution >= 0.6 is 15.9 Å². The number of fused-ring (bicyclic) bond motifs is 1. The van der Waals surface area contributed by atoms with E-state index in [0.29, 0.717) is 27.4 Å². The molecule has 1 aromatic heterocycles. The first-order valence-electron chi connectivity index (χ1n) is 8.87. The summed E-state index contributed by atoms with van der Waals surface area (Å²) in [4.78, 5) is 24.9. The predicted molar refractivity (Wildman–Crippen MR) is 109 cm³/mol. The van der Waals surface area contributed by atoms with Crippen molar-refractivity contribution in [1.82, 2.24) is 5.32 Å². The van der Waals surface area contributed by atoms with Crippen LogP contribution in [-0.4, -0.2) is 18.6 Å². The van der Waals surface area contributed by atoms with Gasteiger partial charge in [-0.1, -0.05) is 12.1 Å². The predicted octanol–water partition coefficient (Wildman–Crippen LogP) is 4.51. The molecule has 148 valence electrons. The normalized spacial score (nSPS) is 13.0. The van der Waals surface area contributed by atoms with Gasteiger partial charge in [0.2, 0.25) is 6.79 Å². The molecule has 0 aliphatic carbocycles. The highest BCUT2D eigenvalue weighted by atomic mass is 79.9. The number of amides is 2. The van der Waals surface area contributed by atoms with Crippen LogP contribution < -0.4 is 20.1 Å². The Morgan fingerprint density at radius 2 is 1.83 bits per heavy atom. The largest absolute Gasteiger partial charge is 0.454 e. The number of hydrogen-bond acceptors (Lipinski definition) is 5. The fourth-order valence-electron chi connectivity index (χ4n) is 2.91. The van der Waals surface area contributed by atoms with Crippen LogP contribution in [0.4, 0.5) is 5.69 Å². The van der Waals surface area contributed by atoms with Gasteiger partial charge in [-0.25, -0.2) is 0 Å². The number of ether oxygens (including phenoxy) is 2. The highest BCUT2D eigenvalue weighted by Gasteiger charge is 2.18. The van der Waals surface area contributed by atoms with E-state index in [0.717, 1.165) is 5.56 Å². The Morgan fingerprint density at radius 3 is 2.62 bits per heavy atom. The molecule has 0 radical (unpaired) electrons. The number of hydrogen-bond donors (Lipinski definition) is 2. The second-order valence-corrected chi connectivity index (χ2v) is 7.23. The van der Waals surface area contributed by atoms with Crippen molar-refractivity contribution >= 4 is 33.4 Å². The summed E-state index contributed by atoms with van der Waals surface area (Å²) in [7, 11) is 0. The summed E-state index contributed by atoms with van der Waals surface area (Å²) >= 11 is 3.16. The zero-order chi connectivity index (χ0) is 20.4.